The predicted octanol–water partition coefficient (Wildman–Crippen LogP) is 4.37. The number of anilines is 1. The number of aromatic nitrogens is 1. The Hall–Kier alpha value is -2.63. The largest absolute Gasteiger partial charge is 0.465 e. The van der Waals surface area contributed by atoms with Gasteiger partial charge in [0, 0.05) is 18.7 Å². The molecule has 26 heavy (non-hydrogen) atoms. The standard InChI is InChI=1S/C20H24FN3O2/c21-18-4-2-1-3-17(18)19-10-9-16(13-23-19)22-11-14-5-7-15(8-6-14)12-24-20(25)26/h1-4,9-10,13-15,22,24H,5-8,11-12H2,(H,25,26). The Bertz CT molecular complexity index is 728. The van der Waals surface area contributed by atoms with Gasteiger partial charge in [-0.15, -0.1) is 0 Å². The van der Waals surface area contributed by atoms with Crippen molar-refractivity contribution in [2.45, 2.75) is 25.7 Å². The van der Waals surface area contributed by atoms with E-state index < -0.39 is 6.09 Å². The van der Waals surface area contributed by atoms with Crippen LogP contribution in [-0.4, -0.2) is 29.3 Å². The summed E-state index contributed by atoms with van der Waals surface area (Å²) >= 11 is 0. The van der Waals surface area contributed by atoms with Crippen LogP contribution in [0.1, 0.15) is 25.7 Å². The number of amides is 1. The molecule has 1 aliphatic rings. The van der Waals surface area contributed by atoms with Crippen molar-refractivity contribution >= 4 is 11.8 Å². The smallest absolute Gasteiger partial charge is 0.404 e. The molecule has 1 aromatic carbocycles. The van der Waals surface area contributed by atoms with Crippen molar-refractivity contribution in [1.82, 2.24) is 10.3 Å². The lowest BCUT2D eigenvalue weighted by atomic mass is 9.82. The summed E-state index contributed by atoms with van der Waals surface area (Å²) < 4.78 is 13.8. The van der Waals surface area contributed by atoms with E-state index in [4.69, 9.17) is 5.11 Å². The monoisotopic (exact) mass is 357 g/mol. The number of carboxylic acid groups (broad SMARTS) is 1. The molecule has 1 aliphatic carbocycles. The molecule has 1 saturated carbocycles. The van der Waals surface area contributed by atoms with Crippen LogP contribution in [-0.2, 0) is 0 Å². The summed E-state index contributed by atoms with van der Waals surface area (Å²) in [6.07, 6.45) is 5.10. The van der Waals surface area contributed by atoms with Crippen LogP contribution in [0, 0.1) is 17.7 Å². The highest BCUT2D eigenvalue weighted by atomic mass is 19.1. The van der Waals surface area contributed by atoms with Crippen molar-refractivity contribution in [3.63, 3.8) is 0 Å². The van der Waals surface area contributed by atoms with Crippen LogP contribution in [0.2, 0.25) is 0 Å². The van der Waals surface area contributed by atoms with E-state index >= 15 is 0 Å². The third-order valence-electron chi connectivity index (χ3n) is 5.02. The fourth-order valence-corrected chi connectivity index (χ4v) is 3.46. The Morgan fingerprint density at radius 2 is 1.77 bits per heavy atom. The van der Waals surface area contributed by atoms with Crippen LogP contribution in [0.3, 0.4) is 0 Å². The quantitative estimate of drug-likeness (QED) is 0.717. The minimum absolute atomic E-state index is 0.269. The zero-order valence-corrected chi connectivity index (χ0v) is 14.6. The number of benzene rings is 1. The van der Waals surface area contributed by atoms with Gasteiger partial charge in [0.05, 0.1) is 17.6 Å². The van der Waals surface area contributed by atoms with Crippen molar-refractivity contribution in [2.75, 3.05) is 18.4 Å². The van der Waals surface area contributed by atoms with E-state index in [9.17, 15) is 9.18 Å². The minimum Gasteiger partial charge on any atom is -0.465 e. The second-order valence-electron chi connectivity index (χ2n) is 6.87. The number of hydrogen-bond donors (Lipinski definition) is 3. The Labute approximate surface area is 152 Å². The third kappa shape index (κ3) is 4.94. The molecule has 6 heteroatoms. The second kappa shape index (κ2) is 8.65. The van der Waals surface area contributed by atoms with Crippen LogP contribution < -0.4 is 10.6 Å². The zero-order valence-electron chi connectivity index (χ0n) is 14.6. The van der Waals surface area contributed by atoms with Crippen molar-refractivity contribution in [1.29, 1.82) is 0 Å². The van der Waals surface area contributed by atoms with Crippen molar-refractivity contribution in [3.8, 4) is 11.3 Å². The van der Waals surface area contributed by atoms with E-state index in [0.717, 1.165) is 37.9 Å². The first-order valence-electron chi connectivity index (χ1n) is 9.03. The molecule has 0 aliphatic heterocycles. The molecule has 1 fully saturated rings. The molecule has 1 aromatic heterocycles. The summed E-state index contributed by atoms with van der Waals surface area (Å²) in [6, 6.07) is 10.4. The van der Waals surface area contributed by atoms with E-state index in [-0.39, 0.29) is 5.82 Å². The number of rotatable bonds is 6. The fourth-order valence-electron chi connectivity index (χ4n) is 3.46. The molecule has 2 aromatic rings. The SMILES string of the molecule is O=C(O)NCC1CCC(CNc2ccc(-c3ccccc3F)nc2)CC1. The molecule has 0 atom stereocenters. The highest BCUT2D eigenvalue weighted by molar-refractivity contribution is 5.64. The molecule has 1 heterocycles. The Morgan fingerprint density at radius 1 is 1.08 bits per heavy atom. The van der Waals surface area contributed by atoms with Crippen molar-refractivity contribution in [2.24, 2.45) is 11.8 Å². The average Bonchev–Trinajstić information content (AvgIpc) is 2.66. The van der Waals surface area contributed by atoms with Crippen molar-refractivity contribution < 1.29 is 14.3 Å². The minimum atomic E-state index is -0.944. The number of pyridine rings is 1. The molecule has 5 nitrogen and oxygen atoms in total. The first kappa shape index (κ1) is 18.2. The zero-order chi connectivity index (χ0) is 18.4. The maximum atomic E-state index is 13.8. The maximum absolute atomic E-state index is 13.8. The van der Waals surface area contributed by atoms with Gasteiger partial charge in [0.25, 0.3) is 0 Å². The molecule has 0 radical (unpaired) electrons. The fraction of sp³-hybridized carbons (Fsp3) is 0.400. The molecular formula is C20H24FN3O2. The predicted molar refractivity (Wildman–Crippen MR) is 99.6 cm³/mol. The van der Waals surface area contributed by atoms with Gasteiger partial charge >= 0.3 is 6.09 Å². The first-order valence-corrected chi connectivity index (χ1v) is 9.03. The van der Waals surface area contributed by atoms with Gasteiger partial charge in [-0.3, -0.25) is 4.98 Å². The lowest BCUT2D eigenvalue weighted by molar-refractivity contribution is 0.188. The summed E-state index contributed by atoms with van der Waals surface area (Å²) in [5.41, 5.74) is 2.06. The van der Waals surface area contributed by atoms with Gasteiger partial charge in [0.2, 0.25) is 0 Å². The molecule has 3 rings (SSSR count). The maximum Gasteiger partial charge on any atom is 0.404 e. The summed E-state index contributed by atoms with van der Waals surface area (Å²) in [4.78, 5) is 14.9. The molecule has 138 valence electrons. The van der Waals surface area contributed by atoms with E-state index in [1.54, 1.807) is 24.4 Å². The van der Waals surface area contributed by atoms with Crippen LogP contribution in [0.25, 0.3) is 11.3 Å². The van der Waals surface area contributed by atoms with E-state index in [1.807, 2.05) is 12.1 Å². The third-order valence-corrected chi connectivity index (χ3v) is 5.02. The average molecular weight is 357 g/mol. The lowest BCUT2D eigenvalue weighted by Gasteiger charge is -2.28. The van der Waals surface area contributed by atoms with Gasteiger partial charge in [0.1, 0.15) is 5.82 Å². The number of nitrogens with zero attached hydrogens (tertiary/aromatic N) is 1. The molecule has 0 saturated heterocycles. The normalized spacial score (nSPS) is 19.7. The Kier molecular flexibility index (Phi) is 6.04. The number of halogens is 1. The van der Waals surface area contributed by atoms with Gasteiger partial charge in [-0.25, -0.2) is 9.18 Å². The molecule has 0 bridgehead atoms. The molecular weight excluding hydrogens is 333 g/mol. The van der Waals surface area contributed by atoms with E-state index in [1.165, 1.54) is 6.07 Å². The highest BCUT2D eigenvalue weighted by Crippen LogP contribution is 2.29. The Morgan fingerprint density at radius 3 is 2.38 bits per heavy atom. The van der Waals surface area contributed by atoms with Gasteiger partial charge in [0.15, 0.2) is 0 Å². The second-order valence-corrected chi connectivity index (χ2v) is 6.87. The van der Waals surface area contributed by atoms with Crippen LogP contribution in [0.5, 0.6) is 0 Å². The summed E-state index contributed by atoms with van der Waals surface area (Å²) in [5.74, 6) is 0.765. The van der Waals surface area contributed by atoms with Gasteiger partial charge in [-0.1, -0.05) is 12.1 Å². The molecule has 1 amide bonds. The molecule has 0 unspecified atom stereocenters. The number of hydrogen-bond acceptors (Lipinski definition) is 3. The highest BCUT2D eigenvalue weighted by Gasteiger charge is 2.21. The van der Waals surface area contributed by atoms with Gasteiger partial charge < -0.3 is 15.7 Å². The number of carbonyl (C=O) groups is 1. The van der Waals surface area contributed by atoms with Gasteiger partial charge in [-0.2, -0.15) is 0 Å². The first-order chi connectivity index (χ1) is 12.6. The molecule has 0 spiro atoms. The number of nitrogens with one attached hydrogen (secondary N) is 2. The Balaban J connectivity index is 1.46. The van der Waals surface area contributed by atoms with Gasteiger partial charge in [-0.05, 0) is 61.8 Å². The lowest BCUT2D eigenvalue weighted by Crippen LogP contribution is -2.31. The molecule has 3 N–H and O–H groups in total. The summed E-state index contributed by atoms with van der Waals surface area (Å²) in [6.45, 7) is 1.43. The van der Waals surface area contributed by atoms with Crippen molar-refractivity contribution in [3.05, 3.63) is 48.4 Å². The topological polar surface area (TPSA) is 74.2 Å². The summed E-state index contributed by atoms with van der Waals surface area (Å²) in [7, 11) is 0. The van der Waals surface area contributed by atoms with Crippen LogP contribution in [0.15, 0.2) is 42.6 Å². The van der Waals surface area contributed by atoms with Crippen LogP contribution >= 0.6 is 0 Å². The van der Waals surface area contributed by atoms with E-state index in [0.29, 0.717) is 29.6 Å². The van der Waals surface area contributed by atoms with E-state index in [2.05, 4.69) is 15.6 Å². The summed E-state index contributed by atoms with van der Waals surface area (Å²) in [5, 5.41) is 14.5. The van der Waals surface area contributed by atoms with Crippen LogP contribution in [0.4, 0.5) is 14.9 Å².